The Hall–Kier alpha value is -2.72. The van der Waals surface area contributed by atoms with E-state index in [0.29, 0.717) is 16.6 Å². The van der Waals surface area contributed by atoms with Crippen LogP contribution in [0.25, 0.3) is 16.6 Å². The zero-order valence-electron chi connectivity index (χ0n) is 14.8. The Bertz CT molecular complexity index is 1110. The first-order valence-corrected chi connectivity index (χ1v) is 9.63. The third kappa shape index (κ3) is 4.07. The number of halogens is 3. The van der Waals surface area contributed by atoms with E-state index in [1.54, 1.807) is 31.2 Å². The zero-order valence-corrected chi connectivity index (χ0v) is 15.6. The van der Waals surface area contributed by atoms with Gasteiger partial charge in [-0.25, -0.2) is 9.00 Å². The predicted molar refractivity (Wildman–Crippen MR) is 103 cm³/mol. The van der Waals surface area contributed by atoms with Crippen molar-refractivity contribution in [1.82, 2.24) is 9.55 Å². The van der Waals surface area contributed by atoms with Crippen molar-refractivity contribution in [2.45, 2.75) is 13.1 Å². The van der Waals surface area contributed by atoms with E-state index in [1.807, 2.05) is 0 Å². The summed E-state index contributed by atoms with van der Waals surface area (Å²) in [5, 5.41) is 8.37. The molecule has 1 aromatic heterocycles. The summed E-state index contributed by atoms with van der Waals surface area (Å²) in [6, 6.07) is 9.98. The number of nitrogens with zero attached hydrogens (tertiary/aromatic N) is 2. The number of anilines is 1. The number of aryl methyl sites for hydroxylation is 1. The average Bonchev–Trinajstić information content (AvgIpc) is 2.61. The molecule has 0 aliphatic carbocycles. The predicted octanol–water partition coefficient (Wildman–Crippen LogP) is 2.75. The molecule has 3 N–H and O–H groups in total. The van der Waals surface area contributed by atoms with Crippen molar-refractivity contribution in [3.05, 3.63) is 64.1 Å². The topological polar surface area (TPSA) is 90.0 Å². The van der Waals surface area contributed by atoms with Crippen LogP contribution in [0.15, 0.2) is 47.3 Å². The lowest BCUT2D eigenvalue weighted by Crippen LogP contribution is -2.25. The van der Waals surface area contributed by atoms with Gasteiger partial charge in [0.05, 0.1) is 33.5 Å². The number of benzene rings is 2. The largest absolute Gasteiger partial charge is 0.416 e. The van der Waals surface area contributed by atoms with Gasteiger partial charge in [0, 0.05) is 11.9 Å². The minimum Gasteiger partial charge on any atom is -0.368 e. The van der Waals surface area contributed by atoms with Gasteiger partial charge in [-0.15, -0.1) is 0 Å². The summed E-state index contributed by atoms with van der Waals surface area (Å²) < 4.78 is 52.0. The van der Waals surface area contributed by atoms with Crippen LogP contribution in [0.2, 0.25) is 0 Å². The highest BCUT2D eigenvalue weighted by Gasteiger charge is 2.31. The van der Waals surface area contributed by atoms with Gasteiger partial charge in [0.25, 0.3) is 0 Å². The molecule has 3 rings (SSSR count). The van der Waals surface area contributed by atoms with Gasteiger partial charge in [0.1, 0.15) is 5.82 Å². The van der Waals surface area contributed by atoms with E-state index in [9.17, 15) is 22.2 Å². The van der Waals surface area contributed by atoms with E-state index >= 15 is 0 Å². The van der Waals surface area contributed by atoms with Crippen LogP contribution in [0.1, 0.15) is 11.1 Å². The van der Waals surface area contributed by atoms with Gasteiger partial charge in [-0.2, -0.15) is 18.2 Å². The maximum atomic E-state index is 13.3. The molecule has 1 unspecified atom stereocenters. The SMILES string of the molecule is Cc1ccccc1-n1c(=O)nc(NCCS(N)=O)c2ccc(C(F)(F)F)cc21. The molecule has 0 aliphatic heterocycles. The summed E-state index contributed by atoms with van der Waals surface area (Å²) in [5.41, 5.74) is -0.372. The Morgan fingerprint density at radius 2 is 1.93 bits per heavy atom. The van der Waals surface area contributed by atoms with E-state index < -0.39 is 28.4 Å². The zero-order chi connectivity index (χ0) is 20.5. The van der Waals surface area contributed by atoms with Crippen LogP contribution in [-0.4, -0.2) is 26.1 Å². The third-order valence-electron chi connectivity index (χ3n) is 4.17. The first kappa shape index (κ1) is 20.0. The number of nitrogens with two attached hydrogens (primary N) is 1. The number of aromatic nitrogens is 2. The Balaban J connectivity index is 2.27. The maximum absolute atomic E-state index is 13.3. The number of hydrogen-bond acceptors (Lipinski definition) is 4. The molecule has 0 saturated carbocycles. The standard InChI is InChI=1S/C18H17F3N4O2S/c1-11-4-2-3-5-14(11)25-15-10-12(18(19,20)21)6-7-13(15)16(24-17(25)26)23-8-9-28(22)27/h2-7,10H,8-9,22H2,1H3,(H,23,24,26). The summed E-state index contributed by atoms with van der Waals surface area (Å²) in [7, 11) is -1.55. The lowest BCUT2D eigenvalue weighted by molar-refractivity contribution is -0.137. The Morgan fingerprint density at radius 1 is 1.21 bits per heavy atom. The molecule has 0 spiro atoms. The van der Waals surface area contributed by atoms with E-state index in [0.717, 1.165) is 16.7 Å². The summed E-state index contributed by atoms with van der Waals surface area (Å²) in [6.45, 7) is 1.91. The molecule has 10 heteroatoms. The molecule has 28 heavy (non-hydrogen) atoms. The van der Waals surface area contributed by atoms with Crippen LogP contribution < -0.4 is 16.1 Å². The molecule has 148 valence electrons. The van der Waals surface area contributed by atoms with Crippen LogP contribution in [-0.2, 0) is 17.2 Å². The van der Waals surface area contributed by atoms with Crippen LogP contribution in [0.4, 0.5) is 19.0 Å². The minimum absolute atomic E-state index is 0.0699. The van der Waals surface area contributed by atoms with Crippen molar-refractivity contribution in [3.8, 4) is 5.69 Å². The van der Waals surface area contributed by atoms with E-state index in [-0.39, 0.29) is 23.6 Å². The number of fused-ring (bicyclic) bond motifs is 1. The molecular formula is C18H17F3N4O2S. The maximum Gasteiger partial charge on any atom is 0.416 e. The van der Waals surface area contributed by atoms with Crippen molar-refractivity contribution >= 4 is 27.7 Å². The van der Waals surface area contributed by atoms with Gasteiger partial charge in [0.2, 0.25) is 0 Å². The quantitative estimate of drug-likeness (QED) is 0.677. The number of alkyl halides is 3. The fourth-order valence-electron chi connectivity index (χ4n) is 2.85. The first-order chi connectivity index (χ1) is 13.2. The van der Waals surface area contributed by atoms with Crippen molar-refractivity contribution in [3.63, 3.8) is 0 Å². The average molecular weight is 410 g/mol. The minimum atomic E-state index is -4.56. The lowest BCUT2D eigenvalue weighted by atomic mass is 10.1. The number of hydrogen-bond donors (Lipinski definition) is 2. The molecule has 0 amide bonds. The summed E-state index contributed by atoms with van der Waals surface area (Å²) in [4.78, 5) is 16.7. The van der Waals surface area contributed by atoms with Crippen LogP contribution in [0, 0.1) is 6.92 Å². The lowest BCUT2D eigenvalue weighted by Gasteiger charge is -2.16. The number of nitrogens with one attached hydrogen (secondary N) is 1. The van der Waals surface area contributed by atoms with Crippen LogP contribution in [0.3, 0.4) is 0 Å². The van der Waals surface area contributed by atoms with E-state index in [2.05, 4.69) is 10.3 Å². The Kier molecular flexibility index (Phi) is 5.52. The molecule has 0 bridgehead atoms. The van der Waals surface area contributed by atoms with Crippen LogP contribution >= 0.6 is 0 Å². The van der Waals surface area contributed by atoms with Crippen molar-refractivity contribution in [2.24, 2.45) is 5.14 Å². The van der Waals surface area contributed by atoms with Crippen molar-refractivity contribution in [1.29, 1.82) is 0 Å². The monoisotopic (exact) mass is 410 g/mol. The highest BCUT2D eigenvalue weighted by Crippen LogP contribution is 2.33. The highest BCUT2D eigenvalue weighted by molar-refractivity contribution is 7.82. The van der Waals surface area contributed by atoms with Gasteiger partial charge < -0.3 is 5.32 Å². The Labute approximate surface area is 160 Å². The Morgan fingerprint density at radius 3 is 2.57 bits per heavy atom. The van der Waals surface area contributed by atoms with Crippen molar-refractivity contribution in [2.75, 3.05) is 17.6 Å². The molecule has 0 aliphatic rings. The number of para-hydroxylation sites is 1. The highest BCUT2D eigenvalue weighted by atomic mass is 32.2. The molecule has 3 aromatic rings. The second-order valence-corrected chi connectivity index (χ2v) is 7.28. The molecule has 0 radical (unpaired) electrons. The fourth-order valence-corrected chi connectivity index (χ4v) is 3.16. The van der Waals surface area contributed by atoms with Gasteiger partial charge in [-0.3, -0.25) is 9.71 Å². The first-order valence-electron chi connectivity index (χ1n) is 8.25. The van der Waals surface area contributed by atoms with Gasteiger partial charge in [-0.1, -0.05) is 18.2 Å². The molecule has 1 heterocycles. The number of rotatable bonds is 5. The van der Waals surface area contributed by atoms with Crippen LogP contribution in [0.5, 0.6) is 0 Å². The second kappa shape index (κ2) is 7.72. The molecule has 0 fully saturated rings. The van der Waals surface area contributed by atoms with Gasteiger partial charge >= 0.3 is 11.9 Å². The summed E-state index contributed by atoms with van der Waals surface area (Å²) in [5.74, 6) is 0.217. The van der Waals surface area contributed by atoms with Crippen molar-refractivity contribution < 1.29 is 17.4 Å². The normalized spacial score (nSPS) is 12.9. The molecular weight excluding hydrogens is 393 g/mol. The van der Waals surface area contributed by atoms with Gasteiger partial charge in [0.15, 0.2) is 0 Å². The molecule has 0 saturated heterocycles. The smallest absolute Gasteiger partial charge is 0.368 e. The van der Waals surface area contributed by atoms with Gasteiger partial charge in [-0.05, 0) is 36.8 Å². The summed E-state index contributed by atoms with van der Waals surface area (Å²) in [6.07, 6.45) is -4.56. The van der Waals surface area contributed by atoms with E-state index in [4.69, 9.17) is 5.14 Å². The summed E-state index contributed by atoms with van der Waals surface area (Å²) >= 11 is 0. The van der Waals surface area contributed by atoms with E-state index in [1.165, 1.54) is 6.07 Å². The second-order valence-electron chi connectivity index (χ2n) is 6.11. The molecule has 6 nitrogen and oxygen atoms in total. The molecule has 2 aromatic carbocycles. The fraction of sp³-hybridized carbons (Fsp3) is 0.222. The molecule has 1 atom stereocenters. The third-order valence-corrected chi connectivity index (χ3v) is 4.78.